The average Bonchev–Trinajstić information content (AvgIpc) is 3.13. The van der Waals surface area contributed by atoms with Crippen LogP contribution in [0.2, 0.25) is 0 Å². The molecule has 4 aromatic rings. The molecule has 0 spiro atoms. The Hall–Kier alpha value is -4.09. The molecular formula is C34H32N2O2S. The second-order valence-electron chi connectivity index (χ2n) is 10.6. The van der Waals surface area contributed by atoms with Crippen LogP contribution in [0.25, 0.3) is 11.6 Å². The van der Waals surface area contributed by atoms with Gasteiger partial charge in [0, 0.05) is 30.8 Å². The molecule has 2 atom stereocenters. The van der Waals surface area contributed by atoms with Crippen LogP contribution in [0.1, 0.15) is 29.2 Å². The van der Waals surface area contributed by atoms with Crippen molar-refractivity contribution < 1.29 is 8.42 Å². The molecule has 0 saturated carbocycles. The summed E-state index contributed by atoms with van der Waals surface area (Å²) in [6.07, 6.45) is 2.01. The van der Waals surface area contributed by atoms with E-state index < -0.39 is 10.0 Å². The first-order chi connectivity index (χ1) is 18.7. The number of fused-ring (bicyclic) bond motifs is 3. The smallest absolute Gasteiger partial charge is 0.264 e. The summed E-state index contributed by atoms with van der Waals surface area (Å²) in [5.41, 5.74) is 8.11. The zero-order valence-corrected chi connectivity index (χ0v) is 23.5. The topological polar surface area (TPSA) is 40.6 Å². The molecule has 196 valence electrons. The molecule has 6 rings (SSSR count). The standard InChI is InChI=1S/C34H32N2O2S/c1-24-19-21-27(22-20-24)39(37,38)36(4)30(23-25-13-7-5-8-14-25)31-32(26-15-9-6-10-16-26)34(2)28-17-11-12-18-29(28)35(3)33(31)34/h5-23,33H,1-4H3/b30-23+/t33-,34+/m1/s1. The molecule has 0 aromatic heterocycles. The van der Waals surface area contributed by atoms with Gasteiger partial charge in [-0.15, -0.1) is 0 Å². The zero-order valence-electron chi connectivity index (χ0n) is 22.7. The molecule has 0 unspecified atom stereocenters. The maximum Gasteiger partial charge on any atom is 0.264 e. The molecule has 1 aliphatic carbocycles. The van der Waals surface area contributed by atoms with E-state index in [1.165, 1.54) is 15.6 Å². The highest BCUT2D eigenvalue weighted by Crippen LogP contribution is 2.63. The SMILES string of the molecule is Cc1ccc(S(=O)(=O)N(C)/C(=C/c2ccccc2)C2=C(c3ccccc3)[C@]3(C)c4ccccc4N(C)[C@H]23)cc1. The van der Waals surface area contributed by atoms with Crippen molar-refractivity contribution in [1.82, 2.24) is 4.31 Å². The van der Waals surface area contributed by atoms with Crippen molar-refractivity contribution in [2.45, 2.75) is 30.2 Å². The number of aryl methyl sites for hydroxylation is 1. The van der Waals surface area contributed by atoms with Crippen molar-refractivity contribution in [3.63, 3.8) is 0 Å². The van der Waals surface area contributed by atoms with E-state index in [0.717, 1.165) is 27.8 Å². The number of benzene rings is 4. The molecule has 0 amide bonds. The molecule has 0 radical (unpaired) electrons. The molecule has 39 heavy (non-hydrogen) atoms. The fourth-order valence-corrected chi connectivity index (χ4v) is 7.56. The van der Waals surface area contributed by atoms with Gasteiger partial charge in [-0.05, 0) is 60.4 Å². The van der Waals surface area contributed by atoms with Crippen molar-refractivity contribution >= 4 is 27.4 Å². The average molecular weight is 533 g/mol. The van der Waals surface area contributed by atoms with Gasteiger partial charge in [0.15, 0.2) is 0 Å². The third-order valence-electron chi connectivity index (χ3n) is 8.30. The van der Waals surface area contributed by atoms with Gasteiger partial charge in [-0.25, -0.2) is 8.42 Å². The number of rotatable bonds is 6. The molecule has 2 aliphatic rings. The molecular weight excluding hydrogens is 500 g/mol. The summed E-state index contributed by atoms with van der Waals surface area (Å²) in [6.45, 7) is 4.25. The summed E-state index contributed by atoms with van der Waals surface area (Å²) >= 11 is 0. The lowest BCUT2D eigenvalue weighted by atomic mass is 9.56. The molecule has 1 aliphatic heterocycles. The quantitative estimate of drug-likeness (QED) is 0.271. The minimum absolute atomic E-state index is 0.0178. The van der Waals surface area contributed by atoms with Crippen LogP contribution in [-0.4, -0.2) is 32.9 Å². The second-order valence-corrected chi connectivity index (χ2v) is 12.6. The Morgan fingerprint density at radius 3 is 2.10 bits per heavy atom. The van der Waals surface area contributed by atoms with Gasteiger partial charge >= 0.3 is 0 Å². The van der Waals surface area contributed by atoms with Crippen LogP contribution < -0.4 is 4.90 Å². The Balaban J connectivity index is 1.62. The highest BCUT2D eigenvalue weighted by atomic mass is 32.2. The fraction of sp³-hybridized carbons (Fsp3) is 0.176. The summed E-state index contributed by atoms with van der Waals surface area (Å²) in [5, 5.41) is 0. The normalized spacial score (nSPS) is 20.4. The lowest BCUT2D eigenvalue weighted by Crippen LogP contribution is -2.54. The van der Waals surface area contributed by atoms with Gasteiger partial charge in [-0.3, -0.25) is 4.31 Å². The fourth-order valence-electron chi connectivity index (χ4n) is 6.36. The largest absolute Gasteiger partial charge is 0.366 e. The summed E-state index contributed by atoms with van der Waals surface area (Å²) in [7, 11) is -0.0288. The summed E-state index contributed by atoms with van der Waals surface area (Å²) in [5.74, 6) is 0. The molecule has 4 aromatic carbocycles. The Kier molecular flexibility index (Phi) is 6.00. The van der Waals surface area contributed by atoms with Crippen LogP contribution in [0, 0.1) is 6.92 Å². The van der Waals surface area contributed by atoms with Crippen LogP contribution in [-0.2, 0) is 15.4 Å². The maximum absolute atomic E-state index is 14.1. The molecule has 0 fully saturated rings. The van der Waals surface area contributed by atoms with Crippen LogP contribution in [0.15, 0.2) is 125 Å². The van der Waals surface area contributed by atoms with Gasteiger partial charge in [-0.2, -0.15) is 0 Å². The van der Waals surface area contributed by atoms with Gasteiger partial charge < -0.3 is 4.90 Å². The predicted octanol–water partition coefficient (Wildman–Crippen LogP) is 6.90. The number of hydrogen-bond acceptors (Lipinski definition) is 3. The van der Waals surface area contributed by atoms with Crippen LogP contribution >= 0.6 is 0 Å². The zero-order chi connectivity index (χ0) is 27.4. The second kappa shape index (κ2) is 9.28. The van der Waals surface area contributed by atoms with Gasteiger partial charge in [0.25, 0.3) is 10.0 Å². The Morgan fingerprint density at radius 2 is 1.44 bits per heavy atom. The van der Waals surface area contributed by atoms with E-state index in [4.69, 9.17) is 0 Å². The first kappa shape index (κ1) is 25.2. The van der Waals surface area contributed by atoms with E-state index in [9.17, 15) is 8.42 Å². The molecule has 0 N–H and O–H groups in total. The van der Waals surface area contributed by atoms with Crippen molar-refractivity contribution in [2.75, 3.05) is 19.0 Å². The number of nitrogens with zero attached hydrogens (tertiary/aromatic N) is 2. The van der Waals surface area contributed by atoms with Crippen molar-refractivity contribution in [3.8, 4) is 0 Å². The lowest BCUT2D eigenvalue weighted by Gasteiger charge is -2.51. The minimum atomic E-state index is -3.82. The number of likely N-dealkylation sites (N-methyl/N-ethyl adjacent to an activating group) is 2. The Morgan fingerprint density at radius 1 is 0.846 bits per heavy atom. The third kappa shape index (κ3) is 3.83. The predicted molar refractivity (Wildman–Crippen MR) is 160 cm³/mol. The number of hydrogen-bond donors (Lipinski definition) is 0. The number of sulfonamides is 1. The van der Waals surface area contributed by atoms with Gasteiger partial charge in [0.05, 0.1) is 16.6 Å². The Bertz CT molecular complexity index is 1710. The van der Waals surface area contributed by atoms with Crippen LogP contribution in [0.3, 0.4) is 0 Å². The molecule has 5 heteroatoms. The van der Waals surface area contributed by atoms with Crippen molar-refractivity contribution in [1.29, 1.82) is 0 Å². The maximum atomic E-state index is 14.1. The molecule has 1 heterocycles. The summed E-state index contributed by atoms with van der Waals surface area (Å²) < 4.78 is 29.6. The highest BCUT2D eigenvalue weighted by Gasteiger charge is 2.60. The highest BCUT2D eigenvalue weighted by molar-refractivity contribution is 7.89. The van der Waals surface area contributed by atoms with Gasteiger partial charge in [0.2, 0.25) is 0 Å². The lowest BCUT2D eigenvalue weighted by molar-refractivity contribution is 0.465. The van der Waals surface area contributed by atoms with E-state index in [0.29, 0.717) is 5.70 Å². The first-order valence-electron chi connectivity index (χ1n) is 13.2. The summed E-state index contributed by atoms with van der Waals surface area (Å²) in [4.78, 5) is 2.59. The molecule has 0 saturated heterocycles. The summed E-state index contributed by atoms with van der Waals surface area (Å²) in [6, 6.07) is 35.9. The van der Waals surface area contributed by atoms with E-state index in [1.807, 2.05) is 61.5 Å². The molecule has 4 nitrogen and oxygen atoms in total. The van der Waals surface area contributed by atoms with Crippen molar-refractivity contribution in [3.05, 3.63) is 143 Å². The first-order valence-corrected chi connectivity index (χ1v) is 14.6. The van der Waals surface area contributed by atoms with E-state index in [2.05, 4.69) is 67.4 Å². The van der Waals surface area contributed by atoms with Crippen molar-refractivity contribution in [2.24, 2.45) is 0 Å². The minimum Gasteiger partial charge on any atom is -0.366 e. The van der Waals surface area contributed by atoms with Gasteiger partial charge in [0.1, 0.15) is 0 Å². The van der Waals surface area contributed by atoms with Crippen LogP contribution in [0.4, 0.5) is 5.69 Å². The number of para-hydroxylation sites is 1. The van der Waals surface area contributed by atoms with Gasteiger partial charge in [-0.1, -0.05) is 96.6 Å². The monoisotopic (exact) mass is 532 g/mol. The molecule has 0 bridgehead atoms. The van der Waals surface area contributed by atoms with Crippen LogP contribution in [0.5, 0.6) is 0 Å². The number of anilines is 1. The third-order valence-corrected chi connectivity index (χ3v) is 10.1. The van der Waals surface area contributed by atoms with E-state index >= 15 is 0 Å². The van der Waals surface area contributed by atoms with E-state index in [-0.39, 0.29) is 16.4 Å². The Labute approximate surface area is 231 Å². The van der Waals surface area contributed by atoms with E-state index in [1.54, 1.807) is 19.2 Å².